The van der Waals surface area contributed by atoms with Gasteiger partial charge in [-0.3, -0.25) is 19.3 Å². The third kappa shape index (κ3) is 4.71. The molecule has 0 radical (unpaired) electrons. The number of thioether (sulfide) groups is 1. The highest BCUT2D eigenvalue weighted by Gasteiger charge is 2.53. The van der Waals surface area contributed by atoms with Crippen molar-refractivity contribution in [3.8, 4) is 0 Å². The number of amides is 2. The fourth-order valence-electron chi connectivity index (χ4n) is 2.74. The van der Waals surface area contributed by atoms with Gasteiger partial charge in [0.25, 0.3) is 11.8 Å². The Labute approximate surface area is 189 Å². The number of carbonyl (C=O) groups excluding carboxylic acids is 3. The number of aliphatic carboxylic acids is 1. The van der Waals surface area contributed by atoms with E-state index < -0.39 is 40.9 Å². The van der Waals surface area contributed by atoms with Crippen LogP contribution in [0, 0.1) is 0 Å². The van der Waals surface area contributed by atoms with Gasteiger partial charge >= 0.3 is 5.97 Å². The summed E-state index contributed by atoms with van der Waals surface area (Å²) < 4.78 is 0. The molecular weight excluding hydrogens is 478 g/mol. The maximum absolute atomic E-state index is 12.7. The number of hydrogen-bond acceptors (Lipinski definition) is 10. The Morgan fingerprint density at radius 3 is 2.77 bits per heavy atom. The molecule has 0 aliphatic carbocycles. The molecule has 1 aromatic heterocycles. The number of anilines is 1. The predicted molar refractivity (Wildman–Crippen MR) is 116 cm³/mol. The van der Waals surface area contributed by atoms with Gasteiger partial charge in [-0.2, -0.15) is 0 Å². The van der Waals surface area contributed by atoms with Crippen molar-refractivity contribution in [2.45, 2.75) is 18.3 Å². The molecule has 162 valence electrons. The number of hydrogen-bond donors (Lipinski definition) is 4. The normalized spacial score (nSPS) is 20.7. The van der Waals surface area contributed by atoms with E-state index in [2.05, 4.69) is 32.9 Å². The second-order valence-electron chi connectivity index (χ2n) is 5.97. The van der Waals surface area contributed by atoms with Gasteiger partial charge in [-0.05, 0) is 12.5 Å². The number of oxime groups is 1. The van der Waals surface area contributed by atoms with Gasteiger partial charge < -0.3 is 21.0 Å². The number of nitrogen functional groups attached to an aromatic ring is 1. The zero-order chi connectivity index (χ0) is 21.3. The van der Waals surface area contributed by atoms with Crippen LogP contribution in [-0.4, -0.2) is 67.4 Å². The Morgan fingerprint density at radius 2 is 2.20 bits per heavy atom. The topological polar surface area (TPSA) is 164 Å². The maximum Gasteiger partial charge on any atom is 0.344 e. The second-order valence-corrected chi connectivity index (χ2v) is 8.37. The number of thiol groups is 1. The SMILES string of the molecule is CC1=C(C(=O)S)N2C(=O)C(NC(=O)C(=NOCC(=O)O)c3csc(N)n3)[C@H]2SC1.Cl. The summed E-state index contributed by atoms with van der Waals surface area (Å²) in [6, 6.07) is -0.899. The summed E-state index contributed by atoms with van der Waals surface area (Å²) in [7, 11) is 0. The van der Waals surface area contributed by atoms with Crippen LogP contribution in [-0.2, 0) is 24.0 Å². The first-order valence-corrected chi connectivity index (χ1v) is 10.4. The van der Waals surface area contributed by atoms with Gasteiger partial charge in [0.15, 0.2) is 10.8 Å². The summed E-state index contributed by atoms with van der Waals surface area (Å²) in [5, 5.41) is 15.4. The third-order valence-corrected chi connectivity index (χ3v) is 6.28. The molecule has 1 saturated heterocycles. The molecule has 0 saturated carbocycles. The lowest BCUT2D eigenvalue weighted by Crippen LogP contribution is -2.70. The maximum atomic E-state index is 12.7. The molecule has 3 rings (SSSR count). The molecule has 1 aromatic rings. The monoisotopic (exact) mass is 493 g/mol. The lowest BCUT2D eigenvalue weighted by Gasteiger charge is -2.49. The molecule has 2 aliphatic rings. The molecule has 0 spiro atoms. The standard InChI is InChI=1S/C15H15N5O6S3.ClH/c1-5-3-28-13-9(12(24)20(13)10(5)14(25)27)18-11(23)8(19-26-2-7(21)22)6-4-29-15(16)17-6;/h4,9,13H,2-3H2,1H3,(H2,16,17)(H,18,23)(H,21,22)(H,25,27);1H/t9?,13-;/m1./s1. The van der Waals surface area contributed by atoms with Crippen LogP contribution in [0.1, 0.15) is 12.6 Å². The van der Waals surface area contributed by atoms with Crippen LogP contribution in [0.5, 0.6) is 0 Å². The van der Waals surface area contributed by atoms with Crippen molar-refractivity contribution >= 4 is 81.9 Å². The second kappa shape index (κ2) is 9.68. The minimum Gasteiger partial charge on any atom is -0.479 e. The van der Waals surface area contributed by atoms with Gasteiger partial charge in [0, 0.05) is 11.1 Å². The summed E-state index contributed by atoms with van der Waals surface area (Å²) in [5.74, 6) is -2.02. The molecule has 2 amide bonds. The van der Waals surface area contributed by atoms with E-state index in [1.807, 2.05) is 0 Å². The Morgan fingerprint density at radius 1 is 1.50 bits per heavy atom. The zero-order valence-corrected chi connectivity index (χ0v) is 18.6. The van der Waals surface area contributed by atoms with E-state index in [0.29, 0.717) is 5.75 Å². The number of fused-ring (bicyclic) bond motifs is 1. The molecule has 15 heteroatoms. The number of β-lactam (4-membered cyclic amide) rings is 1. The first-order valence-electron chi connectivity index (χ1n) is 8.02. The molecule has 30 heavy (non-hydrogen) atoms. The van der Waals surface area contributed by atoms with Gasteiger partial charge in [-0.15, -0.1) is 35.5 Å². The van der Waals surface area contributed by atoms with Crippen molar-refractivity contribution in [2.24, 2.45) is 5.16 Å². The average molecular weight is 494 g/mol. The van der Waals surface area contributed by atoms with E-state index in [9.17, 15) is 19.2 Å². The fourth-order valence-corrected chi connectivity index (χ4v) is 4.88. The minimum absolute atomic E-state index is 0. The molecule has 0 bridgehead atoms. The quantitative estimate of drug-likeness (QED) is 0.178. The molecular formula is C15H16ClN5O6S3. The van der Waals surface area contributed by atoms with E-state index >= 15 is 0 Å². The first kappa shape index (κ1) is 24.0. The van der Waals surface area contributed by atoms with E-state index in [1.165, 1.54) is 22.0 Å². The average Bonchev–Trinajstić information content (AvgIpc) is 3.08. The molecule has 1 unspecified atom stereocenters. The number of nitrogens with two attached hydrogens (primary N) is 1. The number of nitrogens with one attached hydrogen (secondary N) is 1. The Hall–Kier alpha value is -2.29. The Bertz CT molecular complexity index is 964. The van der Waals surface area contributed by atoms with Gasteiger partial charge in [-0.1, -0.05) is 17.8 Å². The molecule has 0 aromatic carbocycles. The predicted octanol–water partition coefficient (Wildman–Crippen LogP) is 0.0827. The smallest absolute Gasteiger partial charge is 0.344 e. The van der Waals surface area contributed by atoms with Gasteiger partial charge in [0.1, 0.15) is 17.1 Å². The van der Waals surface area contributed by atoms with Crippen molar-refractivity contribution in [3.63, 3.8) is 0 Å². The number of rotatable bonds is 7. The van der Waals surface area contributed by atoms with Crippen LogP contribution in [0.3, 0.4) is 0 Å². The van der Waals surface area contributed by atoms with Crippen molar-refractivity contribution in [3.05, 3.63) is 22.3 Å². The highest BCUT2D eigenvalue weighted by molar-refractivity contribution is 8.00. The van der Waals surface area contributed by atoms with Crippen molar-refractivity contribution in [1.82, 2.24) is 15.2 Å². The van der Waals surface area contributed by atoms with Crippen LogP contribution in [0.15, 0.2) is 21.8 Å². The number of carbonyl (C=O) groups is 4. The van der Waals surface area contributed by atoms with Gasteiger partial charge in [0.2, 0.25) is 11.7 Å². The lowest BCUT2D eigenvalue weighted by molar-refractivity contribution is -0.146. The summed E-state index contributed by atoms with van der Waals surface area (Å²) in [5.41, 5.74) is 6.29. The van der Waals surface area contributed by atoms with E-state index in [0.717, 1.165) is 16.9 Å². The van der Waals surface area contributed by atoms with E-state index in [-0.39, 0.29) is 34.6 Å². The van der Waals surface area contributed by atoms with Crippen molar-refractivity contribution in [2.75, 3.05) is 18.1 Å². The van der Waals surface area contributed by atoms with Crippen LogP contribution >= 0.6 is 48.1 Å². The molecule has 4 N–H and O–H groups in total. The minimum atomic E-state index is -1.28. The number of nitrogens with zero attached hydrogens (tertiary/aromatic N) is 3. The van der Waals surface area contributed by atoms with Gasteiger partial charge in [0.05, 0.1) is 5.70 Å². The third-order valence-electron chi connectivity index (χ3n) is 3.97. The number of halogens is 1. The summed E-state index contributed by atoms with van der Waals surface area (Å²) in [4.78, 5) is 57.5. The summed E-state index contributed by atoms with van der Waals surface area (Å²) in [6.45, 7) is 0.978. The van der Waals surface area contributed by atoms with Crippen LogP contribution < -0.4 is 11.1 Å². The highest BCUT2D eigenvalue weighted by Crippen LogP contribution is 2.40. The molecule has 2 aliphatic heterocycles. The molecule has 3 heterocycles. The first-order chi connectivity index (χ1) is 13.7. The zero-order valence-electron chi connectivity index (χ0n) is 15.2. The summed E-state index contributed by atoms with van der Waals surface area (Å²) >= 11 is 6.27. The highest BCUT2D eigenvalue weighted by atomic mass is 35.5. The van der Waals surface area contributed by atoms with Gasteiger partial charge in [-0.25, -0.2) is 9.78 Å². The largest absolute Gasteiger partial charge is 0.479 e. The van der Waals surface area contributed by atoms with Crippen LogP contribution in [0.2, 0.25) is 0 Å². The molecule has 1 fully saturated rings. The molecule has 11 nitrogen and oxygen atoms in total. The lowest BCUT2D eigenvalue weighted by atomic mass is 10.0. The number of carboxylic acid groups (broad SMARTS) is 1. The van der Waals surface area contributed by atoms with Crippen LogP contribution in [0.4, 0.5) is 5.13 Å². The number of thiazole rings is 1. The van der Waals surface area contributed by atoms with E-state index in [1.54, 1.807) is 6.92 Å². The fraction of sp³-hybridized carbons (Fsp3) is 0.333. The van der Waals surface area contributed by atoms with Crippen molar-refractivity contribution < 1.29 is 29.1 Å². The Balaban J connectivity index is 0.00000320. The Kier molecular flexibility index (Phi) is 7.74. The number of aromatic nitrogens is 1. The van der Waals surface area contributed by atoms with E-state index in [4.69, 9.17) is 10.8 Å². The van der Waals surface area contributed by atoms with Crippen molar-refractivity contribution in [1.29, 1.82) is 0 Å². The molecule has 2 atom stereocenters. The number of carboxylic acids is 1. The van der Waals surface area contributed by atoms with Crippen LogP contribution in [0.25, 0.3) is 0 Å². The summed E-state index contributed by atoms with van der Waals surface area (Å²) in [6.07, 6.45) is 0.